The number of nitrogens with two attached hydrogens (primary N) is 1. The first-order valence-electron chi connectivity index (χ1n) is 6.35. The lowest BCUT2D eigenvalue weighted by Gasteiger charge is -2.35. The molecule has 3 nitrogen and oxygen atoms in total. The minimum Gasteiger partial charge on any atom is -0.341 e. The van der Waals surface area contributed by atoms with Gasteiger partial charge in [-0.25, -0.2) is 8.78 Å². The van der Waals surface area contributed by atoms with E-state index in [2.05, 4.69) is 0 Å². The number of benzene rings is 1. The van der Waals surface area contributed by atoms with Crippen LogP contribution in [0.1, 0.15) is 28.8 Å². The second-order valence-electron chi connectivity index (χ2n) is 5.34. The van der Waals surface area contributed by atoms with E-state index in [1.807, 2.05) is 0 Å². The number of aryl methyl sites for hydroxylation is 1. The highest BCUT2D eigenvalue weighted by molar-refractivity contribution is 5.94. The lowest BCUT2D eigenvalue weighted by Crippen LogP contribution is -2.43. The Balaban J connectivity index is 2.13. The van der Waals surface area contributed by atoms with E-state index in [1.54, 1.807) is 7.05 Å². The predicted octanol–water partition coefficient (Wildman–Crippen LogP) is 2.08. The van der Waals surface area contributed by atoms with Gasteiger partial charge in [0.05, 0.1) is 0 Å². The lowest BCUT2D eigenvalue weighted by atomic mass is 9.80. The lowest BCUT2D eigenvalue weighted by molar-refractivity contribution is 0.0724. The molecular formula is C14H18F2N2O. The Kier molecular flexibility index (Phi) is 3.85. The fourth-order valence-corrected chi connectivity index (χ4v) is 2.45. The number of hydrogen-bond acceptors (Lipinski definition) is 2. The molecule has 104 valence electrons. The van der Waals surface area contributed by atoms with E-state index in [-0.39, 0.29) is 11.6 Å². The van der Waals surface area contributed by atoms with Crippen LogP contribution < -0.4 is 5.73 Å². The van der Waals surface area contributed by atoms with Crippen LogP contribution in [0.2, 0.25) is 0 Å². The van der Waals surface area contributed by atoms with E-state index < -0.39 is 23.1 Å². The van der Waals surface area contributed by atoms with Gasteiger partial charge in [-0.05, 0) is 37.3 Å². The zero-order valence-electron chi connectivity index (χ0n) is 11.1. The van der Waals surface area contributed by atoms with Crippen LogP contribution in [0.15, 0.2) is 12.1 Å². The fraction of sp³-hybridized carbons (Fsp3) is 0.500. The van der Waals surface area contributed by atoms with Crippen molar-refractivity contribution in [2.75, 3.05) is 13.6 Å². The summed E-state index contributed by atoms with van der Waals surface area (Å²) < 4.78 is 27.5. The van der Waals surface area contributed by atoms with Crippen LogP contribution in [0.4, 0.5) is 8.78 Å². The molecule has 1 fully saturated rings. The third-order valence-electron chi connectivity index (χ3n) is 3.65. The Hall–Kier alpha value is -1.49. The molecule has 1 aromatic rings. The Morgan fingerprint density at radius 2 is 2.05 bits per heavy atom. The molecule has 0 bridgehead atoms. The maximum absolute atomic E-state index is 13.9. The second kappa shape index (κ2) is 5.25. The Morgan fingerprint density at radius 3 is 2.63 bits per heavy atom. The second-order valence-corrected chi connectivity index (χ2v) is 5.34. The van der Waals surface area contributed by atoms with Crippen molar-refractivity contribution in [1.82, 2.24) is 4.90 Å². The fourth-order valence-electron chi connectivity index (χ4n) is 2.45. The number of nitrogens with zero attached hydrogens (tertiary/aromatic N) is 1. The number of halogens is 2. The largest absolute Gasteiger partial charge is 0.341 e. The summed E-state index contributed by atoms with van der Waals surface area (Å²) in [5.74, 6) is -1.87. The van der Waals surface area contributed by atoms with Crippen LogP contribution in [0.3, 0.4) is 0 Å². The van der Waals surface area contributed by atoms with Gasteiger partial charge >= 0.3 is 0 Å². The third-order valence-corrected chi connectivity index (χ3v) is 3.65. The Labute approximate surface area is 111 Å². The molecule has 19 heavy (non-hydrogen) atoms. The van der Waals surface area contributed by atoms with E-state index >= 15 is 0 Å². The zero-order valence-corrected chi connectivity index (χ0v) is 11.1. The number of hydrogen-bond donors (Lipinski definition) is 1. The van der Waals surface area contributed by atoms with Crippen molar-refractivity contribution in [2.24, 2.45) is 11.7 Å². The van der Waals surface area contributed by atoms with Crippen LogP contribution in [0.25, 0.3) is 0 Å². The summed E-state index contributed by atoms with van der Waals surface area (Å²) in [5, 5.41) is 0. The topological polar surface area (TPSA) is 46.3 Å². The maximum Gasteiger partial charge on any atom is 0.259 e. The molecule has 2 N–H and O–H groups in total. The van der Waals surface area contributed by atoms with E-state index in [1.165, 1.54) is 17.9 Å². The van der Waals surface area contributed by atoms with Gasteiger partial charge in [0.2, 0.25) is 0 Å². The van der Waals surface area contributed by atoms with Gasteiger partial charge < -0.3 is 10.6 Å². The SMILES string of the molecule is Cc1ccc(F)c(C(=O)N(C)CC2CC(N)C2)c1F. The first-order valence-corrected chi connectivity index (χ1v) is 6.35. The number of carbonyl (C=O) groups excluding carboxylic acids is 1. The molecule has 0 atom stereocenters. The van der Waals surface area contributed by atoms with Crippen molar-refractivity contribution in [3.8, 4) is 0 Å². The molecule has 0 radical (unpaired) electrons. The van der Waals surface area contributed by atoms with Gasteiger partial charge in [-0.3, -0.25) is 4.79 Å². The summed E-state index contributed by atoms with van der Waals surface area (Å²) in [6.07, 6.45) is 1.72. The molecule has 5 heteroatoms. The standard InChI is InChI=1S/C14H18F2N2O/c1-8-3-4-11(15)12(13(8)16)14(19)18(2)7-9-5-10(17)6-9/h3-4,9-10H,5-7,17H2,1-2H3. The van der Waals surface area contributed by atoms with E-state index in [4.69, 9.17) is 5.73 Å². The van der Waals surface area contributed by atoms with Crippen LogP contribution in [-0.4, -0.2) is 30.4 Å². The molecule has 0 spiro atoms. The van der Waals surface area contributed by atoms with Crippen molar-refractivity contribution in [3.63, 3.8) is 0 Å². The summed E-state index contributed by atoms with van der Waals surface area (Å²) in [6, 6.07) is 2.64. The number of carbonyl (C=O) groups is 1. The van der Waals surface area contributed by atoms with Crippen LogP contribution >= 0.6 is 0 Å². The molecule has 0 heterocycles. The molecule has 1 aromatic carbocycles. The molecule has 0 aliphatic heterocycles. The highest BCUT2D eigenvalue weighted by atomic mass is 19.1. The van der Waals surface area contributed by atoms with Crippen LogP contribution in [0.5, 0.6) is 0 Å². The van der Waals surface area contributed by atoms with Gasteiger partial charge in [-0.1, -0.05) is 6.07 Å². The number of rotatable bonds is 3. The summed E-state index contributed by atoms with van der Waals surface area (Å²) in [6.45, 7) is 2.00. The highest BCUT2D eigenvalue weighted by Crippen LogP contribution is 2.27. The van der Waals surface area contributed by atoms with Crippen LogP contribution in [0, 0.1) is 24.5 Å². The molecule has 0 unspecified atom stereocenters. The third kappa shape index (κ3) is 2.76. The first-order chi connectivity index (χ1) is 8.90. The molecule has 0 aromatic heterocycles. The average molecular weight is 268 g/mol. The molecule has 1 saturated carbocycles. The van der Waals surface area contributed by atoms with Crippen molar-refractivity contribution < 1.29 is 13.6 Å². The van der Waals surface area contributed by atoms with Gasteiger partial charge in [-0.15, -0.1) is 0 Å². The van der Waals surface area contributed by atoms with Gasteiger partial charge in [0.15, 0.2) is 0 Å². The molecule has 2 rings (SSSR count). The van der Waals surface area contributed by atoms with E-state index in [0.29, 0.717) is 12.5 Å². The quantitative estimate of drug-likeness (QED) is 0.912. The summed E-state index contributed by atoms with van der Waals surface area (Å²) in [4.78, 5) is 13.5. The number of amides is 1. The summed E-state index contributed by atoms with van der Waals surface area (Å²) in [5.41, 5.74) is 5.48. The molecule has 1 aliphatic rings. The van der Waals surface area contributed by atoms with Gasteiger partial charge in [0.25, 0.3) is 5.91 Å². The summed E-state index contributed by atoms with van der Waals surface area (Å²) >= 11 is 0. The maximum atomic E-state index is 13.9. The van der Waals surface area contributed by atoms with Crippen LogP contribution in [-0.2, 0) is 0 Å². The minimum atomic E-state index is -0.815. The first kappa shape index (κ1) is 13.9. The zero-order chi connectivity index (χ0) is 14.2. The van der Waals surface area contributed by atoms with E-state index in [9.17, 15) is 13.6 Å². The molecule has 1 amide bonds. The smallest absolute Gasteiger partial charge is 0.259 e. The van der Waals surface area contributed by atoms with Gasteiger partial charge in [0.1, 0.15) is 17.2 Å². The normalized spacial score (nSPS) is 21.9. The van der Waals surface area contributed by atoms with Gasteiger partial charge in [-0.2, -0.15) is 0 Å². The Morgan fingerprint density at radius 1 is 1.42 bits per heavy atom. The highest BCUT2D eigenvalue weighted by Gasteiger charge is 2.29. The van der Waals surface area contributed by atoms with Gasteiger partial charge in [0, 0.05) is 19.6 Å². The van der Waals surface area contributed by atoms with E-state index in [0.717, 1.165) is 18.9 Å². The van der Waals surface area contributed by atoms with Crippen molar-refractivity contribution >= 4 is 5.91 Å². The molecule has 1 aliphatic carbocycles. The average Bonchev–Trinajstić information content (AvgIpc) is 2.32. The van der Waals surface area contributed by atoms with Crippen molar-refractivity contribution in [2.45, 2.75) is 25.8 Å². The van der Waals surface area contributed by atoms with Crippen molar-refractivity contribution in [3.05, 3.63) is 34.9 Å². The molecule has 0 saturated heterocycles. The molecular weight excluding hydrogens is 250 g/mol. The predicted molar refractivity (Wildman–Crippen MR) is 68.8 cm³/mol. The van der Waals surface area contributed by atoms with Crippen molar-refractivity contribution in [1.29, 1.82) is 0 Å². The summed E-state index contributed by atoms with van der Waals surface area (Å²) in [7, 11) is 1.56. The monoisotopic (exact) mass is 268 g/mol. The Bertz CT molecular complexity index is 498. The minimum absolute atomic E-state index is 0.195.